The maximum absolute atomic E-state index is 11.1. The highest BCUT2D eigenvalue weighted by Gasteiger charge is 2.08. The molecule has 1 aromatic carbocycles. The largest absolute Gasteiger partial charge is 0.466 e. The quantitative estimate of drug-likeness (QED) is 0.588. The molecule has 1 atom stereocenters. The number of benzene rings is 1. The van der Waals surface area contributed by atoms with Gasteiger partial charge in [0.05, 0.1) is 25.2 Å². The van der Waals surface area contributed by atoms with E-state index in [0.29, 0.717) is 11.5 Å². The number of ether oxygens (including phenoxy) is 1. The Morgan fingerprint density at radius 3 is 2.68 bits per heavy atom. The summed E-state index contributed by atoms with van der Waals surface area (Å²) in [5, 5.41) is 3.33. The van der Waals surface area contributed by atoms with Crippen molar-refractivity contribution >= 4 is 17.9 Å². The molecule has 0 aliphatic heterocycles. The highest BCUT2D eigenvalue weighted by Crippen LogP contribution is 2.07. The second kappa shape index (κ2) is 9.54. The van der Waals surface area contributed by atoms with E-state index in [9.17, 15) is 4.79 Å². The second-order valence-electron chi connectivity index (χ2n) is 5.91. The average Bonchev–Trinajstić information content (AvgIpc) is 2.61. The van der Waals surface area contributed by atoms with Crippen LogP contribution in [0.1, 0.15) is 18.2 Å². The number of esters is 1. The number of carbonyl (C=O) groups is 1. The second-order valence-corrected chi connectivity index (χ2v) is 5.91. The molecule has 25 heavy (non-hydrogen) atoms. The smallest absolute Gasteiger partial charge is 0.330 e. The van der Waals surface area contributed by atoms with Crippen molar-refractivity contribution in [1.82, 2.24) is 14.9 Å². The predicted octanol–water partition coefficient (Wildman–Crippen LogP) is 2.60. The molecule has 0 spiro atoms. The number of methoxy groups -OCH3 is 1. The van der Waals surface area contributed by atoms with Crippen LogP contribution in [0.25, 0.3) is 6.08 Å². The van der Waals surface area contributed by atoms with Gasteiger partial charge in [-0.3, -0.25) is 4.98 Å². The van der Waals surface area contributed by atoms with Crippen LogP contribution in [-0.4, -0.2) is 47.6 Å². The Hall–Kier alpha value is -2.73. The maximum Gasteiger partial charge on any atom is 0.330 e. The average molecular weight is 340 g/mol. The Labute approximate surface area is 148 Å². The summed E-state index contributed by atoms with van der Waals surface area (Å²) in [5.74, 6) is 0.287. The zero-order chi connectivity index (χ0) is 18.1. The molecule has 2 aromatic rings. The van der Waals surface area contributed by atoms with Crippen molar-refractivity contribution in [2.24, 2.45) is 0 Å². The fourth-order valence-corrected chi connectivity index (χ4v) is 2.45. The minimum atomic E-state index is -0.418. The van der Waals surface area contributed by atoms with E-state index in [2.05, 4.69) is 63.2 Å². The Balaban J connectivity index is 1.82. The third-order valence-electron chi connectivity index (χ3n) is 3.54. The lowest BCUT2D eigenvalue weighted by molar-refractivity contribution is -0.134. The van der Waals surface area contributed by atoms with Gasteiger partial charge in [-0.1, -0.05) is 30.3 Å². The van der Waals surface area contributed by atoms with Crippen LogP contribution in [0.5, 0.6) is 0 Å². The summed E-state index contributed by atoms with van der Waals surface area (Å²) in [4.78, 5) is 21.9. The lowest BCUT2D eigenvalue weighted by atomic mass is 10.2. The summed E-state index contributed by atoms with van der Waals surface area (Å²) in [6, 6.07) is 10.6. The van der Waals surface area contributed by atoms with E-state index in [1.165, 1.54) is 18.7 Å². The normalized spacial score (nSPS) is 12.3. The van der Waals surface area contributed by atoms with Gasteiger partial charge in [-0.15, -0.1) is 0 Å². The van der Waals surface area contributed by atoms with Crippen LogP contribution in [0.4, 0.5) is 5.82 Å². The first-order valence-electron chi connectivity index (χ1n) is 8.14. The number of anilines is 1. The van der Waals surface area contributed by atoms with Gasteiger partial charge in [0, 0.05) is 25.2 Å². The molecular weight excluding hydrogens is 316 g/mol. The predicted molar refractivity (Wildman–Crippen MR) is 98.9 cm³/mol. The molecule has 0 amide bonds. The Morgan fingerprint density at radius 1 is 1.28 bits per heavy atom. The molecule has 2 rings (SSSR count). The van der Waals surface area contributed by atoms with Gasteiger partial charge in [0.25, 0.3) is 0 Å². The molecule has 132 valence electrons. The van der Waals surface area contributed by atoms with Crippen LogP contribution < -0.4 is 5.32 Å². The van der Waals surface area contributed by atoms with Gasteiger partial charge in [0.1, 0.15) is 5.82 Å². The van der Waals surface area contributed by atoms with Crippen molar-refractivity contribution < 1.29 is 9.53 Å². The molecule has 0 saturated carbocycles. The van der Waals surface area contributed by atoms with Crippen molar-refractivity contribution in [3.63, 3.8) is 0 Å². The van der Waals surface area contributed by atoms with Crippen LogP contribution in [0, 0.1) is 0 Å². The van der Waals surface area contributed by atoms with E-state index in [4.69, 9.17) is 0 Å². The lowest BCUT2D eigenvalue weighted by Gasteiger charge is -2.22. The topological polar surface area (TPSA) is 67.3 Å². The number of rotatable bonds is 8. The minimum Gasteiger partial charge on any atom is -0.466 e. The summed E-state index contributed by atoms with van der Waals surface area (Å²) in [5.41, 5.74) is 1.89. The molecule has 0 aliphatic rings. The number of likely N-dealkylation sites (N-methyl/N-ethyl adjacent to an activating group) is 1. The number of aromatic nitrogens is 2. The third kappa shape index (κ3) is 6.73. The summed E-state index contributed by atoms with van der Waals surface area (Å²) in [6.07, 6.45) is 6.16. The first-order chi connectivity index (χ1) is 12.1. The van der Waals surface area contributed by atoms with Gasteiger partial charge in [0.2, 0.25) is 0 Å². The van der Waals surface area contributed by atoms with Crippen LogP contribution >= 0.6 is 0 Å². The molecule has 1 aromatic heterocycles. The molecular formula is C19H24N4O2. The molecule has 0 unspecified atom stereocenters. The standard InChI is InChI=1S/C19H24N4O2/c1-15(13-23(2)14-16-7-5-4-6-8-16)22-18-12-20-17(11-21-18)9-10-19(24)25-3/h4-12,15H,13-14H2,1-3H3,(H,21,22)/t15-/m1/s1. The van der Waals surface area contributed by atoms with Crippen LogP contribution in [0.15, 0.2) is 48.8 Å². The molecule has 0 radical (unpaired) electrons. The maximum atomic E-state index is 11.1. The van der Waals surface area contributed by atoms with E-state index in [1.54, 1.807) is 18.5 Å². The van der Waals surface area contributed by atoms with Gasteiger partial charge in [-0.2, -0.15) is 0 Å². The molecule has 0 bridgehead atoms. The van der Waals surface area contributed by atoms with E-state index >= 15 is 0 Å². The number of hydrogen-bond donors (Lipinski definition) is 1. The fourth-order valence-electron chi connectivity index (χ4n) is 2.45. The molecule has 1 heterocycles. The van der Waals surface area contributed by atoms with Crippen LogP contribution in [0.3, 0.4) is 0 Å². The van der Waals surface area contributed by atoms with Crippen molar-refractivity contribution in [2.45, 2.75) is 19.5 Å². The van der Waals surface area contributed by atoms with E-state index < -0.39 is 5.97 Å². The Kier molecular flexibility index (Phi) is 7.10. The highest BCUT2D eigenvalue weighted by atomic mass is 16.5. The number of nitrogens with one attached hydrogen (secondary N) is 1. The van der Waals surface area contributed by atoms with Gasteiger partial charge in [-0.25, -0.2) is 9.78 Å². The fraction of sp³-hybridized carbons (Fsp3) is 0.316. The molecule has 0 aliphatic carbocycles. The summed E-state index contributed by atoms with van der Waals surface area (Å²) in [7, 11) is 3.43. The first-order valence-corrected chi connectivity index (χ1v) is 8.14. The van der Waals surface area contributed by atoms with Crippen molar-refractivity contribution in [3.8, 4) is 0 Å². The van der Waals surface area contributed by atoms with Gasteiger partial charge in [-0.05, 0) is 25.6 Å². The van der Waals surface area contributed by atoms with Gasteiger partial charge in [0.15, 0.2) is 0 Å². The van der Waals surface area contributed by atoms with Gasteiger partial charge < -0.3 is 15.0 Å². The highest BCUT2D eigenvalue weighted by molar-refractivity contribution is 5.86. The van der Waals surface area contributed by atoms with E-state index in [1.807, 2.05) is 6.07 Å². The molecule has 1 N–H and O–H groups in total. The number of hydrogen-bond acceptors (Lipinski definition) is 6. The minimum absolute atomic E-state index is 0.222. The first kappa shape index (κ1) is 18.6. The summed E-state index contributed by atoms with van der Waals surface area (Å²) >= 11 is 0. The zero-order valence-electron chi connectivity index (χ0n) is 14.8. The molecule has 0 fully saturated rings. The van der Waals surface area contributed by atoms with E-state index in [0.717, 1.165) is 13.1 Å². The molecule has 6 heteroatoms. The zero-order valence-corrected chi connectivity index (χ0v) is 14.8. The molecule has 0 saturated heterocycles. The summed E-state index contributed by atoms with van der Waals surface area (Å²) in [6.45, 7) is 3.88. The Morgan fingerprint density at radius 2 is 2.04 bits per heavy atom. The van der Waals surface area contributed by atoms with Crippen molar-refractivity contribution in [3.05, 3.63) is 60.1 Å². The van der Waals surface area contributed by atoms with Crippen molar-refractivity contribution in [1.29, 1.82) is 0 Å². The Bertz CT molecular complexity index is 686. The number of carbonyl (C=O) groups excluding carboxylic acids is 1. The molecule has 6 nitrogen and oxygen atoms in total. The monoisotopic (exact) mass is 340 g/mol. The van der Waals surface area contributed by atoms with Crippen LogP contribution in [-0.2, 0) is 16.1 Å². The SMILES string of the molecule is COC(=O)C=Cc1cnc(N[C@H](C)CN(C)Cc2ccccc2)cn1. The number of nitrogens with zero attached hydrogens (tertiary/aromatic N) is 3. The third-order valence-corrected chi connectivity index (χ3v) is 3.54. The lowest BCUT2D eigenvalue weighted by Crippen LogP contribution is -2.32. The van der Waals surface area contributed by atoms with Crippen molar-refractivity contribution in [2.75, 3.05) is 26.0 Å². The van der Waals surface area contributed by atoms with E-state index in [-0.39, 0.29) is 6.04 Å². The summed E-state index contributed by atoms with van der Waals surface area (Å²) < 4.78 is 4.54. The van der Waals surface area contributed by atoms with Gasteiger partial charge >= 0.3 is 5.97 Å². The van der Waals surface area contributed by atoms with Crippen LogP contribution in [0.2, 0.25) is 0 Å².